The molecule has 0 aliphatic rings. The number of benzene rings is 1. The number of hydrogen-bond acceptors (Lipinski definition) is 4. The van der Waals surface area contributed by atoms with Crippen LogP contribution >= 0.6 is 0 Å². The average Bonchev–Trinajstić information content (AvgIpc) is 2.26. The molecule has 0 atom stereocenters. The maximum Gasteiger partial charge on any atom is 0.162 e. The fraction of sp³-hybridized carbons (Fsp3) is 0.455. The summed E-state index contributed by atoms with van der Waals surface area (Å²) in [5.74, 6) is -1.59. The molecule has 0 saturated carbocycles. The van der Waals surface area contributed by atoms with E-state index in [4.69, 9.17) is 4.74 Å². The smallest absolute Gasteiger partial charge is 0.162 e. The predicted octanol–water partition coefficient (Wildman–Crippen LogP) is 0.978. The van der Waals surface area contributed by atoms with E-state index in [9.17, 15) is 17.2 Å². The van der Waals surface area contributed by atoms with Gasteiger partial charge in [-0.15, -0.1) is 0 Å². The van der Waals surface area contributed by atoms with Crippen molar-refractivity contribution in [3.05, 3.63) is 29.8 Å². The minimum absolute atomic E-state index is 0.0537. The van der Waals surface area contributed by atoms with Gasteiger partial charge in [0.05, 0.1) is 5.75 Å². The van der Waals surface area contributed by atoms with E-state index in [1.54, 1.807) is 0 Å². The van der Waals surface area contributed by atoms with E-state index in [0.29, 0.717) is 13.1 Å². The second-order valence-electron chi connectivity index (χ2n) is 3.80. The zero-order valence-corrected chi connectivity index (χ0v) is 10.8. The number of nitrogens with one attached hydrogen (secondary N) is 1. The van der Waals surface area contributed by atoms with Crippen LogP contribution in [-0.2, 0) is 9.84 Å². The summed E-state index contributed by atoms with van der Waals surface area (Å²) in [5, 5.41) is 2.87. The van der Waals surface area contributed by atoms with Gasteiger partial charge in [0.1, 0.15) is 22.2 Å². The highest BCUT2D eigenvalue weighted by Gasteiger charge is 2.03. The van der Waals surface area contributed by atoms with Gasteiger partial charge in [0.2, 0.25) is 0 Å². The van der Waals surface area contributed by atoms with Gasteiger partial charge in [-0.05, 0) is 12.1 Å². The molecule has 1 aromatic carbocycles. The maximum absolute atomic E-state index is 12.8. The lowest BCUT2D eigenvalue weighted by Crippen LogP contribution is -2.26. The van der Waals surface area contributed by atoms with Gasteiger partial charge in [-0.1, -0.05) is 0 Å². The Hall–Kier alpha value is -1.21. The Kier molecular flexibility index (Phi) is 5.49. The van der Waals surface area contributed by atoms with Gasteiger partial charge < -0.3 is 10.1 Å². The molecule has 18 heavy (non-hydrogen) atoms. The molecule has 7 heteroatoms. The van der Waals surface area contributed by atoms with Crippen molar-refractivity contribution in [1.29, 1.82) is 0 Å². The van der Waals surface area contributed by atoms with Crippen molar-refractivity contribution < 1.29 is 21.9 Å². The van der Waals surface area contributed by atoms with Gasteiger partial charge in [-0.3, -0.25) is 0 Å². The average molecular weight is 279 g/mol. The van der Waals surface area contributed by atoms with Crippen molar-refractivity contribution in [2.24, 2.45) is 0 Å². The quantitative estimate of drug-likeness (QED) is 0.756. The monoisotopic (exact) mass is 279 g/mol. The molecular weight excluding hydrogens is 264 g/mol. The molecule has 0 fully saturated rings. The Morgan fingerprint density at radius 2 is 1.94 bits per heavy atom. The summed E-state index contributed by atoms with van der Waals surface area (Å²) < 4.78 is 52.2. The summed E-state index contributed by atoms with van der Waals surface area (Å²) in [7, 11) is -2.97. The molecule has 0 spiro atoms. The van der Waals surface area contributed by atoms with Crippen LogP contribution in [0.2, 0.25) is 0 Å². The standard InChI is InChI=1S/C11H15F2NO3S/c1-18(15,16)7-5-14-4-6-17-9-2-3-10(12)11(13)8-9/h2-3,8,14H,4-7H2,1H3. The van der Waals surface area contributed by atoms with Crippen LogP contribution in [0, 0.1) is 11.6 Å². The summed E-state index contributed by atoms with van der Waals surface area (Å²) in [6.45, 7) is 1.00. The summed E-state index contributed by atoms with van der Waals surface area (Å²) in [5.41, 5.74) is 0. The zero-order valence-electron chi connectivity index (χ0n) is 9.95. The Balaban J connectivity index is 2.20. The van der Waals surface area contributed by atoms with Crippen LogP contribution < -0.4 is 10.1 Å². The molecule has 0 amide bonds. The van der Waals surface area contributed by atoms with E-state index >= 15 is 0 Å². The highest BCUT2D eigenvalue weighted by molar-refractivity contribution is 7.90. The molecule has 4 nitrogen and oxygen atoms in total. The topological polar surface area (TPSA) is 55.4 Å². The molecule has 0 heterocycles. The highest BCUT2D eigenvalue weighted by atomic mass is 32.2. The van der Waals surface area contributed by atoms with Crippen LogP contribution in [0.3, 0.4) is 0 Å². The van der Waals surface area contributed by atoms with Gasteiger partial charge >= 0.3 is 0 Å². The van der Waals surface area contributed by atoms with Crippen molar-refractivity contribution in [3.63, 3.8) is 0 Å². The first-order chi connectivity index (χ1) is 8.38. The van der Waals surface area contributed by atoms with Crippen LogP contribution in [-0.4, -0.2) is 40.1 Å². The second-order valence-corrected chi connectivity index (χ2v) is 6.06. The Morgan fingerprint density at radius 1 is 1.22 bits per heavy atom. The van der Waals surface area contributed by atoms with Crippen molar-refractivity contribution >= 4 is 9.84 Å². The van der Waals surface area contributed by atoms with Crippen molar-refractivity contribution in [3.8, 4) is 5.75 Å². The summed E-state index contributed by atoms with van der Waals surface area (Å²) in [6.07, 6.45) is 1.16. The normalized spacial score (nSPS) is 11.5. The third-order valence-electron chi connectivity index (χ3n) is 2.09. The zero-order chi connectivity index (χ0) is 13.6. The Morgan fingerprint density at radius 3 is 2.56 bits per heavy atom. The molecule has 0 unspecified atom stereocenters. The number of ether oxygens (including phenoxy) is 1. The molecule has 0 aliphatic carbocycles. The second kappa shape index (κ2) is 6.65. The first kappa shape index (κ1) is 14.8. The molecule has 0 bridgehead atoms. The molecule has 0 radical (unpaired) electrons. The van der Waals surface area contributed by atoms with Gasteiger partial charge in [0, 0.05) is 25.4 Å². The lowest BCUT2D eigenvalue weighted by Gasteiger charge is -2.07. The number of sulfone groups is 1. The number of halogens is 2. The third-order valence-corrected chi connectivity index (χ3v) is 3.03. The van der Waals surface area contributed by atoms with Crippen LogP contribution in [0.4, 0.5) is 8.78 Å². The van der Waals surface area contributed by atoms with Crippen LogP contribution in [0.5, 0.6) is 5.75 Å². The Labute approximate surface area is 105 Å². The van der Waals surface area contributed by atoms with E-state index in [0.717, 1.165) is 18.4 Å². The highest BCUT2D eigenvalue weighted by Crippen LogP contribution is 2.14. The molecule has 1 aromatic rings. The summed E-state index contributed by atoms with van der Waals surface area (Å²) >= 11 is 0. The largest absolute Gasteiger partial charge is 0.492 e. The van der Waals surface area contributed by atoms with Crippen LogP contribution in [0.1, 0.15) is 0 Å². The van der Waals surface area contributed by atoms with Crippen molar-refractivity contribution in [2.45, 2.75) is 0 Å². The molecule has 1 N–H and O–H groups in total. The molecule has 102 valence electrons. The van der Waals surface area contributed by atoms with Crippen molar-refractivity contribution in [1.82, 2.24) is 5.32 Å². The first-order valence-electron chi connectivity index (χ1n) is 5.35. The predicted molar refractivity (Wildman–Crippen MR) is 64.4 cm³/mol. The fourth-order valence-corrected chi connectivity index (χ4v) is 1.71. The van der Waals surface area contributed by atoms with Crippen LogP contribution in [0.25, 0.3) is 0 Å². The SMILES string of the molecule is CS(=O)(=O)CCNCCOc1ccc(F)c(F)c1. The van der Waals surface area contributed by atoms with Crippen molar-refractivity contribution in [2.75, 3.05) is 31.7 Å². The fourth-order valence-electron chi connectivity index (χ4n) is 1.19. The third kappa shape index (κ3) is 5.92. The molecule has 0 saturated heterocycles. The number of rotatable bonds is 7. The van der Waals surface area contributed by atoms with E-state index in [1.807, 2.05) is 0 Å². The number of hydrogen-bond donors (Lipinski definition) is 1. The molecular formula is C11H15F2NO3S. The molecule has 0 aromatic heterocycles. The van der Waals surface area contributed by atoms with E-state index < -0.39 is 21.5 Å². The Bertz CT molecular complexity index is 491. The lowest BCUT2D eigenvalue weighted by molar-refractivity contribution is 0.312. The van der Waals surface area contributed by atoms with E-state index in [-0.39, 0.29) is 18.1 Å². The minimum Gasteiger partial charge on any atom is -0.492 e. The van der Waals surface area contributed by atoms with Crippen LogP contribution in [0.15, 0.2) is 18.2 Å². The van der Waals surface area contributed by atoms with Gasteiger partial charge in [0.25, 0.3) is 0 Å². The molecule has 1 rings (SSSR count). The van der Waals surface area contributed by atoms with E-state index in [2.05, 4.69) is 5.32 Å². The first-order valence-corrected chi connectivity index (χ1v) is 7.41. The maximum atomic E-state index is 12.8. The molecule has 0 aliphatic heterocycles. The minimum atomic E-state index is -2.97. The summed E-state index contributed by atoms with van der Waals surface area (Å²) in [6, 6.07) is 3.28. The summed E-state index contributed by atoms with van der Waals surface area (Å²) in [4.78, 5) is 0. The van der Waals surface area contributed by atoms with Gasteiger partial charge in [-0.2, -0.15) is 0 Å². The van der Waals surface area contributed by atoms with Gasteiger partial charge in [-0.25, -0.2) is 17.2 Å². The lowest BCUT2D eigenvalue weighted by atomic mass is 10.3. The van der Waals surface area contributed by atoms with E-state index in [1.165, 1.54) is 6.07 Å². The van der Waals surface area contributed by atoms with Gasteiger partial charge in [0.15, 0.2) is 11.6 Å².